The van der Waals surface area contributed by atoms with E-state index in [0.717, 1.165) is 22.3 Å². The molecule has 0 amide bonds. The Balaban J connectivity index is 0.00000272. The monoisotopic (exact) mass is 469 g/mol. The zero-order valence-corrected chi connectivity index (χ0v) is 20.7. The van der Waals surface area contributed by atoms with Crippen LogP contribution in [0.15, 0.2) is 66.8 Å². The average Bonchev–Trinajstić information content (AvgIpc) is 3.05. The fourth-order valence-electron chi connectivity index (χ4n) is 4.27. The first-order valence-corrected chi connectivity index (χ1v) is 11.7. The molecule has 0 saturated heterocycles. The summed E-state index contributed by atoms with van der Waals surface area (Å²) in [5.74, 6) is -0.0765. The molecule has 1 unspecified atom stereocenters. The molecule has 155 valence electrons. The van der Waals surface area contributed by atoms with Gasteiger partial charge in [0, 0.05) is 24.5 Å². The molecule has 2 aliphatic carbocycles. The number of hydrogen-bond acceptors (Lipinski definition) is 1. The number of allylic oxidation sites excluding steroid dienone is 4. The zero-order valence-electron chi connectivity index (χ0n) is 18.2. The van der Waals surface area contributed by atoms with Gasteiger partial charge in [-0.3, -0.25) is 0 Å². The molecule has 4 rings (SSSR count). The maximum Gasteiger partial charge on any atom is 3.00 e. The van der Waals surface area contributed by atoms with Crippen LogP contribution in [-0.4, -0.2) is 26.0 Å². The van der Waals surface area contributed by atoms with E-state index in [0.29, 0.717) is 17.2 Å². The summed E-state index contributed by atoms with van der Waals surface area (Å²) in [6.45, 7) is 6.13. The average molecular weight is 469 g/mol. The van der Waals surface area contributed by atoms with Crippen molar-refractivity contribution in [2.45, 2.75) is 32.4 Å². The van der Waals surface area contributed by atoms with Crippen LogP contribution in [0.1, 0.15) is 43.0 Å². The van der Waals surface area contributed by atoms with Crippen LogP contribution in [0.5, 0.6) is 0 Å². The predicted molar refractivity (Wildman–Crippen MR) is 119 cm³/mol. The molecule has 6 heteroatoms. The first kappa shape index (κ1) is 23.7. The van der Waals surface area contributed by atoms with Crippen LogP contribution in [0.3, 0.4) is 0 Å². The number of halogens is 2. The summed E-state index contributed by atoms with van der Waals surface area (Å²) in [5.41, 5.74) is 4.41. The number of benzene rings is 2. The van der Waals surface area contributed by atoms with Gasteiger partial charge in [-0.05, 0) is 54.2 Å². The fourth-order valence-corrected chi connectivity index (χ4v) is 6.01. The van der Waals surface area contributed by atoms with E-state index in [1.54, 1.807) is 24.3 Å². The first-order valence-electron chi connectivity index (χ1n) is 10.1. The molecule has 0 heterocycles. The van der Waals surface area contributed by atoms with E-state index >= 15 is 0 Å². The second-order valence-corrected chi connectivity index (χ2v) is 10.7. The molecule has 2 aromatic rings. The Morgan fingerprint density at radius 2 is 1.48 bits per heavy atom. The van der Waals surface area contributed by atoms with Crippen LogP contribution in [0.2, 0.25) is 6.04 Å². The van der Waals surface area contributed by atoms with Gasteiger partial charge in [0.2, 0.25) is 0 Å². The molecule has 0 N–H and O–H groups in total. The van der Waals surface area contributed by atoms with Gasteiger partial charge in [-0.15, -0.1) is 0 Å². The Kier molecular flexibility index (Phi) is 6.80. The molecular weight excluding hydrogens is 444 g/mol. The van der Waals surface area contributed by atoms with Crippen molar-refractivity contribution in [1.82, 2.24) is 4.57 Å². The van der Waals surface area contributed by atoms with E-state index in [9.17, 15) is 13.2 Å². The van der Waals surface area contributed by atoms with Crippen molar-refractivity contribution in [3.63, 3.8) is 0 Å². The Labute approximate surface area is 199 Å². The van der Waals surface area contributed by atoms with Gasteiger partial charge in [0.25, 0.3) is 6.08 Å². The second kappa shape index (κ2) is 8.89. The molecule has 2 nitrogen and oxygen atoms in total. The fraction of sp³-hybridized carbons (Fsp3) is 0.280. The van der Waals surface area contributed by atoms with E-state index in [4.69, 9.17) is 0 Å². The third-order valence-corrected chi connectivity index (χ3v) is 8.30. The third-order valence-electron chi connectivity index (χ3n) is 6.09. The van der Waals surface area contributed by atoms with Crippen molar-refractivity contribution in [1.29, 1.82) is 0 Å². The van der Waals surface area contributed by atoms with Crippen LogP contribution in [-0.2, 0) is 26.2 Å². The molecule has 1 radical (unpaired) electrons. The van der Waals surface area contributed by atoms with Gasteiger partial charge in [-0.25, -0.2) is 0 Å². The van der Waals surface area contributed by atoms with E-state index in [1.165, 1.54) is 0 Å². The van der Waals surface area contributed by atoms with Crippen LogP contribution in [0, 0.1) is 5.92 Å². The van der Waals surface area contributed by atoms with Crippen molar-refractivity contribution in [2.24, 2.45) is 5.92 Å². The van der Waals surface area contributed by atoms with Gasteiger partial charge < -0.3 is 9.03 Å². The van der Waals surface area contributed by atoms with E-state index < -0.39 is 14.9 Å². The summed E-state index contributed by atoms with van der Waals surface area (Å²) in [5, 5.41) is 0. The zero-order chi connectivity index (χ0) is 21.6. The predicted octanol–water partition coefficient (Wildman–Crippen LogP) is 6.40. The molecule has 31 heavy (non-hydrogen) atoms. The number of rotatable bonds is 3. The van der Waals surface area contributed by atoms with Crippen LogP contribution >= 0.6 is 0 Å². The minimum atomic E-state index is -2.04. The standard InChI is InChI=1S/C25H25F2NOSi.Ti/c1-25(2,3)28(4)30(29)15-16-13-14-21-17-9-5-6-10-18(17)23(24(26)27)20-12-8-7-11-19(20)22(16)21;/h5-14,16H,15H2,1-4H3;/q;+3. The third kappa shape index (κ3) is 4.23. The van der Waals surface area contributed by atoms with Gasteiger partial charge >= 0.3 is 30.6 Å². The molecule has 2 aliphatic rings. The Morgan fingerprint density at radius 1 is 0.968 bits per heavy atom. The number of hydrogen-bond donors (Lipinski definition) is 0. The number of fused-ring (bicyclic) bond motifs is 4. The van der Waals surface area contributed by atoms with Crippen LogP contribution in [0.25, 0.3) is 16.7 Å². The topological polar surface area (TPSA) is 20.3 Å². The van der Waals surface area contributed by atoms with E-state index in [2.05, 4.69) is 6.08 Å². The van der Waals surface area contributed by atoms with Crippen molar-refractivity contribution in [3.8, 4) is 0 Å². The molecule has 0 aromatic heterocycles. The van der Waals surface area contributed by atoms with Gasteiger partial charge in [-0.2, -0.15) is 8.78 Å². The molecule has 0 aliphatic heterocycles. The molecule has 0 spiro atoms. The molecule has 0 fully saturated rings. The maximum atomic E-state index is 14.2. The van der Waals surface area contributed by atoms with Crippen molar-refractivity contribution < 1.29 is 35.0 Å². The molecule has 0 bridgehead atoms. The molecular formula is C25H25F2NOSiTi+3. The Bertz CT molecular complexity index is 1130. The normalized spacial score (nSPS) is 16.7. The first-order chi connectivity index (χ1) is 14.2. The minimum Gasteiger partial charge on any atom is -0.375 e. The van der Waals surface area contributed by atoms with Crippen LogP contribution < -0.4 is 0 Å². The summed E-state index contributed by atoms with van der Waals surface area (Å²) in [4.78, 5) is 0. The van der Waals surface area contributed by atoms with E-state index in [-0.39, 0.29) is 38.7 Å². The molecule has 0 saturated carbocycles. The van der Waals surface area contributed by atoms with Crippen LogP contribution in [0.4, 0.5) is 8.78 Å². The Morgan fingerprint density at radius 3 is 2.03 bits per heavy atom. The quantitative estimate of drug-likeness (QED) is 0.485. The summed E-state index contributed by atoms with van der Waals surface area (Å²) in [7, 11) is -0.145. The van der Waals surface area contributed by atoms with Crippen molar-refractivity contribution in [3.05, 3.63) is 89.0 Å². The second-order valence-electron chi connectivity index (χ2n) is 8.85. The van der Waals surface area contributed by atoms with Gasteiger partial charge in [0.05, 0.1) is 5.57 Å². The largest absolute Gasteiger partial charge is 3.00 e. The van der Waals surface area contributed by atoms with E-state index in [1.807, 2.05) is 62.7 Å². The van der Waals surface area contributed by atoms with Gasteiger partial charge in [0.1, 0.15) is 0 Å². The summed E-state index contributed by atoms with van der Waals surface area (Å²) in [6, 6.07) is 15.2. The summed E-state index contributed by atoms with van der Waals surface area (Å²) in [6.07, 6.45) is 2.41. The van der Waals surface area contributed by atoms with Crippen molar-refractivity contribution >= 4 is 25.6 Å². The Hall–Kier alpha value is -1.95. The molecule has 1 atom stereocenters. The summed E-state index contributed by atoms with van der Waals surface area (Å²) >= 11 is 0. The smallest absolute Gasteiger partial charge is 0.375 e. The van der Waals surface area contributed by atoms with Gasteiger partial charge in [-0.1, -0.05) is 60.7 Å². The summed E-state index contributed by atoms with van der Waals surface area (Å²) < 4.78 is 43.4. The maximum absolute atomic E-state index is 14.2. The number of nitrogens with zero attached hydrogens (tertiary/aromatic N) is 1. The SMILES string of the molecule is CN([Si](=O)CC1C=CC2=C1c1ccccc1C(=C(F)F)c1ccccc12)C(C)(C)C.[Ti+3]. The van der Waals surface area contributed by atoms with Crippen molar-refractivity contribution in [2.75, 3.05) is 7.05 Å². The minimum absolute atomic E-state index is 0. The van der Waals surface area contributed by atoms with Gasteiger partial charge in [0.15, 0.2) is 0 Å². The molecule has 2 aromatic carbocycles.